The fourth-order valence-corrected chi connectivity index (χ4v) is 1.95. The highest BCUT2D eigenvalue weighted by Crippen LogP contribution is 2.26. The number of ether oxygens (including phenoxy) is 1. The van der Waals surface area contributed by atoms with Crippen LogP contribution in [0.25, 0.3) is 0 Å². The average molecular weight is 236 g/mol. The second kappa shape index (κ2) is 7.28. The summed E-state index contributed by atoms with van der Waals surface area (Å²) >= 11 is 0. The molecule has 3 nitrogen and oxygen atoms in total. The van der Waals surface area contributed by atoms with Crippen molar-refractivity contribution >= 4 is 0 Å². The summed E-state index contributed by atoms with van der Waals surface area (Å²) in [4.78, 5) is 4.26. The molecule has 0 amide bonds. The van der Waals surface area contributed by atoms with Crippen molar-refractivity contribution in [2.75, 3.05) is 13.2 Å². The van der Waals surface area contributed by atoms with Gasteiger partial charge < -0.3 is 10.1 Å². The van der Waals surface area contributed by atoms with E-state index in [2.05, 4.69) is 37.1 Å². The van der Waals surface area contributed by atoms with Gasteiger partial charge in [0.05, 0.1) is 12.8 Å². The van der Waals surface area contributed by atoms with Crippen molar-refractivity contribution in [3.63, 3.8) is 0 Å². The van der Waals surface area contributed by atoms with Gasteiger partial charge >= 0.3 is 0 Å². The first-order valence-electron chi connectivity index (χ1n) is 6.54. The number of nitrogens with one attached hydrogen (secondary N) is 1. The van der Waals surface area contributed by atoms with Gasteiger partial charge in [-0.1, -0.05) is 27.2 Å². The molecule has 1 rings (SSSR count). The van der Waals surface area contributed by atoms with Gasteiger partial charge in [-0.3, -0.25) is 4.98 Å². The van der Waals surface area contributed by atoms with Crippen LogP contribution in [0.4, 0.5) is 0 Å². The van der Waals surface area contributed by atoms with E-state index in [9.17, 15) is 0 Å². The smallest absolute Gasteiger partial charge is 0.137 e. The van der Waals surface area contributed by atoms with E-state index in [-0.39, 0.29) is 0 Å². The summed E-state index contributed by atoms with van der Waals surface area (Å²) in [6, 6.07) is 2.45. The molecule has 0 bridgehead atoms. The molecule has 0 saturated heterocycles. The summed E-state index contributed by atoms with van der Waals surface area (Å²) in [7, 11) is 0. The summed E-state index contributed by atoms with van der Waals surface area (Å²) in [6.07, 6.45) is 4.85. The van der Waals surface area contributed by atoms with Crippen molar-refractivity contribution in [1.82, 2.24) is 10.3 Å². The van der Waals surface area contributed by atoms with Crippen molar-refractivity contribution in [3.8, 4) is 5.75 Å². The van der Waals surface area contributed by atoms with Gasteiger partial charge in [-0.2, -0.15) is 0 Å². The Morgan fingerprint density at radius 3 is 2.65 bits per heavy atom. The maximum absolute atomic E-state index is 5.50. The molecular formula is C14H24N2O. The molecule has 0 aromatic carbocycles. The van der Waals surface area contributed by atoms with E-state index in [1.165, 1.54) is 5.56 Å². The molecule has 0 aliphatic heterocycles. The lowest BCUT2D eigenvalue weighted by Crippen LogP contribution is -2.26. The van der Waals surface area contributed by atoms with E-state index in [0.29, 0.717) is 18.6 Å². The first-order valence-corrected chi connectivity index (χ1v) is 6.54. The van der Waals surface area contributed by atoms with Crippen LogP contribution in [0.2, 0.25) is 0 Å². The summed E-state index contributed by atoms with van der Waals surface area (Å²) in [5.41, 5.74) is 1.21. The first-order chi connectivity index (χ1) is 8.22. The van der Waals surface area contributed by atoms with Gasteiger partial charge in [0.1, 0.15) is 5.75 Å². The van der Waals surface area contributed by atoms with Gasteiger partial charge in [-0.15, -0.1) is 0 Å². The lowest BCUT2D eigenvalue weighted by molar-refractivity contribution is 0.335. The predicted octanol–water partition coefficient (Wildman–Crippen LogP) is 3.18. The van der Waals surface area contributed by atoms with Crippen LogP contribution in [0, 0.1) is 5.92 Å². The fraction of sp³-hybridized carbons (Fsp3) is 0.643. The minimum atomic E-state index is 0.359. The molecule has 0 radical (unpaired) electrons. The van der Waals surface area contributed by atoms with Gasteiger partial charge in [0.2, 0.25) is 0 Å². The summed E-state index contributed by atoms with van der Waals surface area (Å²) in [5, 5.41) is 3.52. The Balaban J connectivity index is 2.88. The molecule has 1 heterocycles. The van der Waals surface area contributed by atoms with E-state index in [4.69, 9.17) is 4.74 Å². The molecule has 17 heavy (non-hydrogen) atoms. The highest BCUT2D eigenvalue weighted by molar-refractivity contribution is 5.26. The SMILES string of the molecule is CCNC(c1cncc(OCC)c1)C(C)CC. The van der Waals surface area contributed by atoms with E-state index in [1.807, 2.05) is 13.1 Å². The minimum absolute atomic E-state index is 0.359. The average Bonchev–Trinajstić information content (AvgIpc) is 2.36. The van der Waals surface area contributed by atoms with Crippen molar-refractivity contribution < 1.29 is 4.74 Å². The second-order valence-electron chi connectivity index (χ2n) is 4.31. The number of aromatic nitrogens is 1. The summed E-state index contributed by atoms with van der Waals surface area (Å²) in [5.74, 6) is 1.45. The van der Waals surface area contributed by atoms with E-state index in [0.717, 1.165) is 18.7 Å². The standard InChI is InChI=1S/C14H24N2O/c1-5-11(4)14(16-6-2)12-8-13(17-7-3)10-15-9-12/h8-11,14,16H,5-7H2,1-4H3. The van der Waals surface area contributed by atoms with Crippen LogP contribution in [0.3, 0.4) is 0 Å². The maximum atomic E-state index is 5.50. The molecule has 0 spiro atoms. The maximum Gasteiger partial charge on any atom is 0.137 e. The first kappa shape index (κ1) is 14.0. The third kappa shape index (κ3) is 4.00. The highest BCUT2D eigenvalue weighted by atomic mass is 16.5. The third-order valence-electron chi connectivity index (χ3n) is 3.04. The van der Waals surface area contributed by atoms with Gasteiger partial charge in [0, 0.05) is 12.2 Å². The molecule has 1 aromatic heterocycles. The number of hydrogen-bond acceptors (Lipinski definition) is 3. The zero-order chi connectivity index (χ0) is 12.7. The summed E-state index contributed by atoms with van der Waals surface area (Å²) < 4.78 is 5.50. The van der Waals surface area contributed by atoms with Crippen LogP contribution in [0.1, 0.15) is 45.7 Å². The molecule has 0 saturated carbocycles. The Labute approximate surface area is 105 Å². The Bertz CT molecular complexity index is 328. The molecular weight excluding hydrogens is 212 g/mol. The van der Waals surface area contributed by atoms with Crippen LogP contribution in [-0.4, -0.2) is 18.1 Å². The molecule has 2 unspecified atom stereocenters. The topological polar surface area (TPSA) is 34.2 Å². The summed E-state index contributed by atoms with van der Waals surface area (Å²) in [6.45, 7) is 10.3. The van der Waals surface area contributed by atoms with Crippen molar-refractivity contribution in [1.29, 1.82) is 0 Å². The molecule has 1 aromatic rings. The van der Waals surface area contributed by atoms with E-state index >= 15 is 0 Å². The largest absolute Gasteiger partial charge is 0.492 e. The molecule has 0 aliphatic rings. The lowest BCUT2D eigenvalue weighted by Gasteiger charge is -2.24. The molecule has 0 fully saturated rings. The van der Waals surface area contributed by atoms with Gasteiger partial charge in [-0.25, -0.2) is 0 Å². The quantitative estimate of drug-likeness (QED) is 0.789. The van der Waals surface area contributed by atoms with Gasteiger partial charge in [-0.05, 0) is 31.0 Å². The third-order valence-corrected chi connectivity index (χ3v) is 3.04. The fourth-order valence-electron chi connectivity index (χ4n) is 1.95. The van der Waals surface area contributed by atoms with Crippen LogP contribution in [0.5, 0.6) is 5.75 Å². The van der Waals surface area contributed by atoms with Crippen LogP contribution in [0.15, 0.2) is 18.5 Å². The monoisotopic (exact) mass is 236 g/mol. The number of hydrogen-bond donors (Lipinski definition) is 1. The number of rotatable bonds is 7. The Morgan fingerprint density at radius 1 is 1.29 bits per heavy atom. The highest BCUT2D eigenvalue weighted by Gasteiger charge is 2.17. The van der Waals surface area contributed by atoms with Crippen LogP contribution in [-0.2, 0) is 0 Å². The van der Waals surface area contributed by atoms with Crippen LogP contribution >= 0.6 is 0 Å². The van der Waals surface area contributed by atoms with Crippen LogP contribution < -0.4 is 10.1 Å². The van der Waals surface area contributed by atoms with Crippen molar-refractivity contribution in [2.45, 2.75) is 40.2 Å². The number of nitrogens with zero attached hydrogens (tertiary/aromatic N) is 1. The normalized spacial score (nSPS) is 14.4. The van der Waals surface area contributed by atoms with Gasteiger partial charge in [0.15, 0.2) is 0 Å². The predicted molar refractivity (Wildman–Crippen MR) is 71.3 cm³/mol. The Kier molecular flexibility index (Phi) is 5.98. The van der Waals surface area contributed by atoms with E-state index in [1.54, 1.807) is 6.20 Å². The molecule has 0 aliphatic carbocycles. The van der Waals surface area contributed by atoms with Crippen molar-refractivity contribution in [2.24, 2.45) is 5.92 Å². The zero-order valence-electron chi connectivity index (χ0n) is 11.4. The Morgan fingerprint density at radius 2 is 2.06 bits per heavy atom. The zero-order valence-corrected chi connectivity index (χ0v) is 11.4. The minimum Gasteiger partial charge on any atom is -0.492 e. The lowest BCUT2D eigenvalue weighted by atomic mass is 9.93. The number of pyridine rings is 1. The molecule has 96 valence electrons. The van der Waals surface area contributed by atoms with Gasteiger partial charge in [0.25, 0.3) is 0 Å². The van der Waals surface area contributed by atoms with Crippen molar-refractivity contribution in [3.05, 3.63) is 24.0 Å². The molecule has 1 N–H and O–H groups in total. The molecule has 3 heteroatoms. The molecule has 2 atom stereocenters. The second-order valence-corrected chi connectivity index (χ2v) is 4.31. The van der Waals surface area contributed by atoms with E-state index < -0.39 is 0 Å². The Hall–Kier alpha value is -1.09.